The SMILES string of the molecule is CC1OC1Cl.Cl. The summed E-state index contributed by atoms with van der Waals surface area (Å²) in [5.74, 6) is 0. The van der Waals surface area contributed by atoms with E-state index in [9.17, 15) is 0 Å². The molecule has 0 aliphatic carbocycles. The number of hydrogen-bond donors (Lipinski definition) is 0. The second-order valence-electron chi connectivity index (χ2n) is 1.19. The molecule has 0 aromatic heterocycles. The Labute approximate surface area is 48.0 Å². The Morgan fingerprint density at radius 3 is 1.83 bits per heavy atom. The van der Waals surface area contributed by atoms with E-state index in [0.717, 1.165) is 0 Å². The first-order chi connectivity index (χ1) is 2.30. The molecule has 6 heavy (non-hydrogen) atoms. The number of rotatable bonds is 0. The highest BCUT2D eigenvalue weighted by molar-refractivity contribution is 6.21. The molecule has 1 rings (SSSR count). The molecule has 0 radical (unpaired) electrons. The van der Waals surface area contributed by atoms with E-state index in [1.807, 2.05) is 6.92 Å². The molecule has 0 saturated carbocycles. The van der Waals surface area contributed by atoms with Crippen molar-refractivity contribution in [2.45, 2.75) is 18.6 Å². The molecule has 1 nitrogen and oxygen atoms in total. The van der Waals surface area contributed by atoms with Crippen molar-refractivity contribution in [2.24, 2.45) is 0 Å². The largest absolute Gasteiger partial charge is 0.353 e. The topological polar surface area (TPSA) is 12.5 Å². The van der Waals surface area contributed by atoms with Crippen LogP contribution in [0.4, 0.5) is 0 Å². The molecule has 1 aliphatic rings. The molecule has 38 valence electrons. The summed E-state index contributed by atoms with van der Waals surface area (Å²) in [4.78, 5) is 0. The van der Waals surface area contributed by atoms with E-state index in [0.29, 0.717) is 6.10 Å². The number of alkyl halides is 1. The number of ether oxygens (including phenoxy) is 1. The van der Waals surface area contributed by atoms with Crippen LogP contribution in [0.25, 0.3) is 0 Å². The molecule has 0 bridgehead atoms. The Hall–Kier alpha value is 0.540. The minimum absolute atomic E-state index is 0. The van der Waals surface area contributed by atoms with Crippen molar-refractivity contribution < 1.29 is 4.74 Å². The summed E-state index contributed by atoms with van der Waals surface area (Å²) >= 11 is 5.31. The van der Waals surface area contributed by atoms with Gasteiger partial charge >= 0.3 is 0 Å². The summed E-state index contributed by atoms with van der Waals surface area (Å²) in [7, 11) is 0. The lowest BCUT2D eigenvalue weighted by Gasteiger charge is -1.55. The van der Waals surface area contributed by atoms with E-state index in [4.69, 9.17) is 11.6 Å². The van der Waals surface area contributed by atoms with Crippen LogP contribution < -0.4 is 0 Å². The van der Waals surface area contributed by atoms with Gasteiger partial charge in [-0.1, -0.05) is 11.6 Å². The monoisotopic (exact) mass is 128 g/mol. The van der Waals surface area contributed by atoms with Crippen LogP contribution in [0.15, 0.2) is 0 Å². The third-order valence-corrected chi connectivity index (χ3v) is 1.09. The molecule has 1 fully saturated rings. The fraction of sp³-hybridized carbons (Fsp3) is 1.00. The first kappa shape index (κ1) is 6.54. The maximum Gasteiger partial charge on any atom is 0.157 e. The Kier molecular flexibility index (Phi) is 2.19. The van der Waals surface area contributed by atoms with Gasteiger partial charge in [-0.25, -0.2) is 0 Å². The van der Waals surface area contributed by atoms with Crippen LogP contribution in [-0.4, -0.2) is 11.7 Å². The highest BCUT2D eigenvalue weighted by Crippen LogP contribution is 2.23. The summed E-state index contributed by atoms with van der Waals surface area (Å²) in [6.07, 6.45) is 0.316. The van der Waals surface area contributed by atoms with Crippen molar-refractivity contribution in [2.75, 3.05) is 0 Å². The average Bonchev–Trinajstić information content (AvgIpc) is 1.79. The molecular formula is C3H6Cl2O. The minimum atomic E-state index is 0. The van der Waals surface area contributed by atoms with E-state index in [-0.39, 0.29) is 18.0 Å². The van der Waals surface area contributed by atoms with Gasteiger partial charge in [-0.2, -0.15) is 0 Å². The summed E-state index contributed by atoms with van der Waals surface area (Å²) in [5, 5.41) is 0. The highest BCUT2D eigenvalue weighted by atomic mass is 35.5. The van der Waals surface area contributed by atoms with Crippen LogP contribution in [0, 0.1) is 0 Å². The minimum Gasteiger partial charge on any atom is -0.353 e. The zero-order valence-electron chi connectivity index (χ0n) is 3.35. The standard InChI is InChI=1S/C3H5ClO.ClH/c1-2-3(4)5-2;/h2-3H,1H3;1H. The summed E-state index contributed by atoms with van der Waals surface area (Å²) in [5.41, 5.74) is 0.0231. The highest BCUT2D eigenvalue weighted by Gasteiger charge is 2.30. The van der Waals surface area contributed by atoms with Crippen LogP contribution in [0.1, 0.15) is 6.92 Å². The zero-order chi connectivity index (χ0) is 3.86. The van der Waals surface area contributed by atoms with Gasteiger partial charge in [0, 0.05) is 0 Å². The molecule has 2 atom stereocenters. The first-order valence-electron chi connectivity index (χ1n) is 1.60. The van der Waals surface area contributed by atoms with Gasteiger partial charge in [0.25, 0.3) is 0 Å². The summed E-state index contributed by atoms with van der Waals surface area (Å²) < 4.78 is 4.68. The van der Waals surface area contributed by atoms with Crippen molar-refractivity contribution in [1.29, 1.82) is 0 Å². The Morgan fingerprint density at radius 1 is 1.67 bits per heavy atom. The lowest BCUT2D eigenvalue weighted by atomic mass is 10.6. The van der Waals surface area contributed by atoms with Crippen molar-refractivity contribution >= 4 is 24.0 Å². The number of hydrogen-bond acceptors (Lipinski definition) is 1. The molecule has 0 spiro atoms. The molecule has 3 heteroatoms. The van der Waals surface area contributed by atoms with Crippen molar-refractivity contribution in [1.82, 2.24) is 0 Å². The smallest absolute Gasteiger partial charge is 0.157 e. The van der Waals surface area contributed by atoms with Crippen LogP contribution in [0.3, 0.4) is 0 Å². The zero-order valence-corrected chi connectivity index (χ0v) is 4.92. The fourth-order valence-electron chi connectivity index (χ4n) is 0.160. The maximum absolute atomic E-state index is 5.31. The van der Waals surface area contributed by atoms with Gasteiger partial charge in [0.1, 0.15) is 0 Å². The summed E-state index contributed by atoms with van der Waals surface area (Å²) in [6.45, 7) is 1.94. The van der Waals surface area contributed by atoms with Crippen LogP contribution >= 0.6 is 24.0 Å². The normalized spacial score (nSPS) is 41.0. The van der Waals surface area contributed by atoms with Gasteiger partial charge in [-0.3, -0.25) is 0 Å². The third-order valence-electron chi connectivity index (χ3n) is 0.637. The first-order valence-corrected chi connectivity index (χ1v) is 2.04. The number of epoxide rings is 1. The van der Waals surface area contributed by atoms with Crippen LogP contribution in [0.5, 0.6) is 0 Å². The molecule has 0 aromatic rings. The van der Waals surface area contributed by atoms with Gasteiger partial charge in [-0.05, 0) is 6.92 Å². The lowest BCUT2D eigenvalue weighted by molar-refractivity contribution is 0.411. The molecular weight excluding hydrogens is 123 g/mol. The lowest BCUT2D eigenvalue weighted by Crippen LogP contribution is -1.69. The van der Waals surface area contributed by atoms with Crippen LogP contribution in [0.2, 0.25) is 0 Å². The molecule has 1 aliphatic heterocycles. The maximum atomic E-state index is 5.31. The Morgan fingerprint density at radius 2 is 1.83 bits per heavy atom. The summed E-state index contributed by atoms with van der Waals surface area (Å²) in [6, 6.07) is 0. The van der Waals surface area contributed by atoms with Crippen LogP contribution in [-0.2, 0) is 4.74 Å². The molecule has 1 saturated heterocycles. The van der Waals surface area contributed by atoms with Gasteiger partial charge in [-0.15, -0.1) is 12.4 Å². The Balaban J connectivity index is 0.000000250. The van der Waals surface area contributed by atoms with E-state index in [1.54, 1.807) is 0 Å². The van der Waals surface area contributed by atoms with Gasteiger partial charge in [0.2, 0.25) is 0 Å². The molecule has 1 heterocycles. The van der Waals surface area contributed by atoms with Gasteiger partial charge in [0.15, 0.2) is 5.56 Å². The second kappa shape index (κ2) is 2.01. The van der Waals surface area contributed by atoms with Crippen molar-refractivity contribution in [3.05, 3.63) is 0 Å². The molecule has 0 N–H and O–H groups in total. The van der Waals surface area contributed by atoms with E-state index < -0.39 is 0 Å². The molecule has 0 amide bonds. The predicted molar refractivity (Wildman–Crippen MR) is 27.4 cm³/mol. The van der Waals surface area contributed by atoms with E-state index >= 15 is 0 Å². The quantitative estimate of drug-likeness (QED) is 0.355. The van der Waals surface area contributed by atoms with Gasteiger partial charge < -0.3 is 4.74 Å². The Bertz CT molecular complexity index is 42.1. The van der Waals surface area contributed by atoms with E-state index in [2.05, 4.69) is 4.74 Å². The van der Waals surface area contributed by atoms with E-state index in [1.165, 1.54) is 0 Å². The molecule has 0 aromatic carbocycles. The van der Waals surface area contributed by atoms with Crippen molar-refractivity contribution in [3.8, 4) is 0 Å². The van der Waals surface area contributed by atoms with Gasteiger partial charge in [0.05, 0.1) is 6.10 Å². The second-order valence-corrected chi connectivity index (χ2v) is 1.62. The predicted octanol–water partition coefficient (Wildman–Crippen LogP) is 1.39. The van der Waals surface area contributed by atoms with Crippen molar-refractivity contribution in [3.63, 3.8) is 0 Å². The average molecular weight is 129 g/mol. The number of halogens is 2. The fourth-order valence-corrected chi connectivity index (χ4v) is 0.322. The molecule has 2 unspecified atom stereocenters. The third kappa shape index (κ3) is 1.33.